The molecule has 0 spiro atoms. The molecule has 0 saturated carbocycles. The van der Waals surface area contributed by atoms with Gasteiger partial charge in [0.1, 0.15) is 17.9 Å². The molecule has 1 heterocycles. The van der Waals surface area contributed by atoms with Crippen LogP contribution in [-0.4, -0.2) is 11.1 Å². The second kappa shape index (κ2) is 4.74. The van der Waals surface area contributed by atoms with Gasteiger partial charge in [0.2, 0.25) is 0 Å². The zero-order valence-corrected chi connectivity index (χ0v) is 9.34. The van der Waals surface area contributed by atoms with Crippen molar-refractivity contribution in [1.82, 2.24) is 0 Å². The van der Waals surface area contributed by atoms with E-state index >= 15 is 0 Å². The molecule has 1 aromatic carbocycles. The Morgan fingerprint density at radius 2 is 2.24 bits per heavy atom. The van der Waals surface area contributed by atoms with Crippen molar-refractivity contribution in [2.45, 2.75) is 13.5 Å². The van der Waals surface area contributed by atoms with Crippen LogP contribution in [0.3, 0.4) is 0 Å². The van der Waals surface area contributed by atoms with Gasteiger partial charge in [-0.3, -0.25) is 0 Å². The predicted octanol–water partition coefficient (Wildman–Crippen LogP) is 2.87. The summed E-state index contributed by atoms with van der Waals surface area (Å²) in [4.78, 5) is 10.8. The molecule has 2 aromatic rings. The van der Waals surface area contributed by atoms with Crippen molar-refractivity contribution in [3.05, 3.63) is 53.5 Å². The molecule has 0 atom stereocenters. The number of furan rings is 1. The number of aromatic carboxylic acids is 1. The first-order valence-electron chi connectivity index (χ1n) is 5.16. The fourth-order valence-electron chi connectivity index (χ4n) is 1.50. The molecular formula is C13H12O4. The fourth-order valence-corrected chi connectivity index (χ4v) is 1.50. The summed E-state index contributed by atoms with van der Waals surface area (Å²) in [6.45, 7) is 2.07. The summed E-state index contributed by atoms with van der Waals surface area (Å²) in [7, 11) is 0. The average Bonchev–Trinajstić information content (AvgIpc) is 2.74. The summed E-state index contributed by atoms with van der Waals surface area (Å²) < 4.78 is 10.5. The maximum absolute atomic E-state index is 10.8. The van der Waals surface area contributed by atoms with Gasteiger partial charge in [0, 0.05) is 0 Å². The Labute approximate surface area is 98.4 Å². The molecule has 0 bridgehead atoms. The number of carboxylic acid groups (broad SMARTS) is 1. The normalized spacial score (nSPS) is 10.2. The lowest BCUT2D eigenvalue weighted by Crippen LogP contribution is -2.02. The third kappa shape index (κ3) is 2.66. The van der Waals surface area contributed by atoms with Crippen molar-refractivity contribution in [3.8, 4) is 5.75 Å². The van der Waals surface area contributed by atoms with Crippen LogP contribution in [-0.2, 0) is 6.61 Å². The van der Waals surface area contributed by atoms with E-state index in [-0.39, 0.29) is 12.2 Å². The quantitative estimate of drug-likeness (QED) is 0.880. The van der Waals surface area contributed by atoms with Gasteiger partial charge in [0.15, 0.2) is 5.76 Å². The van der Waals surface area contributed by atoms with Gasteiger partial charge in [-0.1, -0.05) is 12.1 Å². The third-order valence-electron chi connectivity index (χ3n) is 2.34. The Hall–Kier alpha value is -2.23. The smallest absolute Gasteiger partial charge is 0.339 e. The van der Waals surface area contributed by atoms with E-state index < -0.39 is 5.97 Å². The minimum absolute atomic E-state index is 0.109. The molecule has 0 aliphatic carbocycles. The van der Waals surface area contributed by atoms with Crippen LogP contribution >= 0.6 is 0 Å². The number of benzene rings is 1. The number of carbonyl (C=O) groups is 1. The lowest BCUT2D eigenvalue weighted by atomic mass is 10.2. The molecule has 0 aliphatic heterocycles. The Morgan fingerprint density at radius 1 is 1.41 bits per heavy atom. The van der Waals surface area contributed by atoms with Crippen LogP contribution in [0.25, 0.3) is 0 Å². The first kappa shape index (κ1) is 11.3. The number of carboxylic acids is 1. The standard InChI is InChI=1S/C13H12O4/c1-9-3-2-4-10(7-9)17-8-12-11(13(14)15)5-6-16-12/h2-7H,8H2,1H3,(H,14,15). The summed E-state index contributed by atoms with van der Waals surface area (Å²) in [5.74, 6) is -0.00154. The van der Waals surface area contributed by atoms with Gasteiger partial charge in [-0.05, 0) is 30.7 Å². The molecule has 17 heavy (non-hydrogen) atoms. The maximum atomic E-state index is 10.8. The molecular weight excluding hydrogens is 220 g/mol. The molecule has 0 unspecified atom stereocenters. The number of hydrogen-bond acceptors (Lipinski definition) is 3. The van der Waals surface area contributed by atoms with Gasteiger partial charge >= 0.3 is 5.97 Å². The van der Waals surface area contributed by atoms with Gasteiger partial charge in [-0.15, -0.1) is 0 Å². The molecule has 0 fully saturated rings. The first-order chi connectivity index (χ1) is 8.16. The summed E-state index contributed by atoms with van der Waals surface area (Å²) >= 11 is 0. The zero-order chi connectivity index (χ0) is 12.3. The molecule has 0 radical (unpaired) electrons. The zero-order valence-electron chi connectivity index (χ0n) is 9.34. The van der Waals surface area contributed by atoms with E-state index in [0.717, 1.165) is 5.56 Å². The molecule has 4 heteroatoms. The van der Waals surface area contributed by atoms with Crippen LogP contribution in [0.1, 0.15) is 21.7 Å². The lowest BCUT2D eigenvalue weighted by Gasteiger charge is -2.05. The van der Waals surface area contributed by atoms with E-state index in [4.69, 9.17) is 14.3 Å². The predicted molar refractivity (Wildman–Crippen MR) is 61.2 cm³/mol. The highest BCUT2D eigenvalue weighted by atomic mass is 16.5. The number of hydrogen-bond donors (Lipinski definition) is 1. The topological polar surface area (TPSA) is 59.7 Å². The number of aryl methyl sites for hydroxylation is 1. The fraction of sp³-hybridized carbons (Fsp3) is 0.154. The van der Waals surface area contributed by atoms with E-state index in [2.05, 4.69) is 0 Å². The maximum Gasteiger partial charge on any atom is 0.339 e. The third-order valence-corrected chi connectivity index (χ3v) is 2.34. The Kier molecular flexibility index (Phi) is 3.14. The van der Waals surface area contributed by atoms with Crippen LogP contribution in [0.5, 0.6) is 5.75 Å². The van der Waals surface area contributed by atoms with Crippen LogP contribution in [0.15, 0.2) is 41.0 Å². The Balaban J connectivity index is 2.07. The molecule has 0 aliphatic rings. The van der Waals surface area contributed by atoms with E-state index in [1.54, 1.807) is 0 Å². The summed E-state index contributed by atoms with van der Waals surface area (Å²) in [5.41, 5.74) is 1.22. The van der Waals surface area contributed by atoms with Crippen molar-refractivity contribution in [1.29, 1.82) is 0 Å². The van der Waals surface area contributed by atoms with Crippen LogP contribution in [0, 0.1) is 6.92 Å². The molecule has 2 rings (SSSR count). The van der Waals surface area contributed by atoms with Gasteiger partial charge in [-0.2, -0.15) is 0 Å². The van der Waals surface area contributed by atoms with Crippen LogP contribution < -0.4 is 4.74 Å². The molecule has 88 valence electrons. The highest BCUT2D eigenvalue weighted by Crippen LogP contribution is 2.17. The summed E-state index contributed by atoms with van der Waals surface area (Å²) in [6.07, 6.45) is 1.35. The highest BCUT2D eigenvalue weighted by molar-refractivity contribution is 5.88. The number of ether oxygens (including phenoxy) is 1. The second-order valence-electron chi connectivity index (χ2n) is 3.67. The van der Waals surface area contributed by atoms with Gasteiger partial charge in [0.25, 0.3) is 0 Å². The summed E-state index contributed by atoms with van der Waals surface area (Å²) in [5, 5.41) is 8.88. The minimum atomic E-state index is -1.01. The lowest BCUT2D eigenvalue weighted by molar-refractivity contribution is 0.0692. The van der Waals surface area contributed by atoms with E-state index in [9.17, 15) is 4.79 Å². The first-order valence-corrected chi connectivity index (χ1v) is 5.16. The number of rotatable bonds is 4. The Bertz CT molecular complexity index is 528. The molecule has 1 N–H and O–H groups in total. The van der Waals surface area contributed by atoms with Crippen molar-refractivity contribution >= 4 is 5.97 Å². The van der Waals surface area contributed by atoms with E-state index in [0.29, 0.717) is 11.5 Å². The van der Waals surface area contributed by atoms with Crippen molar-refractivity contribution < 1.29 is 19.1 Å². The largest absolute Gasteiger partial charge is 0.486 e. The summed E-state index contributed by atoms with van der Waals surface area (Å²) in [6, 6.07) is 8.95. The van der Waals surface area contributed by atoms with Crippen LogP contribution in [0.2, 0.25) is 0 Å². The van der Waals surface area contributed by atoms with Crippen molar-refractivity contribution in [2.75, 3.05) is 0 Å². The van der Waals surface area contributed by atoms with Gasteiger partial charge in [0.05, 0.1) is 6.26 Å². The van der Waals surface area contributed by atoms with Crippen molar-refractivity contribution in [3.63, 3.8) is 0 Å². The average molecular weight is 232 g/mol. The van der Waals surface area contributed by atoms with E-state index in [1.165, 1.54) is 12.3 Å². The molecule has 4 nitrogen and oxygen atoms in total. The SMILES string of the molecule is Cc1cccc(OCc2occc2C(=O)O)c1. The Morgan fingerprint density at radius 3 is 2.94 bits per heavy atom. The van der Waals surface area contributed by atoms with E-state index in [1.807, 2.05) is 31.2 Å². The van der Waals surface area contributed by atoms with Gasteiger partial charge < -0.3 is 14.3 Å². The minimum Gasteiger partial charge on any atom is -0.486 e. The van der Waals surface area contributed by atoms with Crippen molar-refractivity contribution in [2.24, 2.45) is 0 Å². The highest BCUT2D eigenvalue weighted by Gasteiger charge is 2.13. The molecule has 0 amide bonds. The molecule has 1 aromatic heterocycles. The second-order valence-corrected chi connectivity index (χ2v) is 3.67. The molecule has 0 saturated heterocycles. The monoisotopic (exact) mass is 232 g/mol. The van der Waals surface area contributed by atoms with Crippen LogP contribution in [0.4, 0.5) is 0 Å². The van der Waals surface area contributed by atoms with Gasteiger partial charge in [-0.25, -0.2) is 4.79 Å².